The Morgan fingerprint density at radius 2 is 2.04 bits per heavy atom. The molecule has 1 aliphatic rings. The number of benzene rings is 1. The molecule has 2 atom stereocenters. The van der Waals surface area contributed by atoms with Crippen LogP contribution in [-0.4, -0.2) is 39.0 Å². The highest BCUT2D eigenvalue weighted by Gasteiger charge is 2.36. The van der Waals surface area contributed by atoms with E-state index in [9.17, 15) is 9.18 Å². The molecular weight excluding hydrogens is 325 g/mol. The van der Waals surface area contributed by atoms with Crippen LogP contribution in [0.3, 0.4) is 0 Å². The van der Waals surface area contributed by atoms with Crippen molar-refractivity contribution in [2.24, 2.45) is 11.1 Å². The highest BCUT2D eigenvalue weighted by Crippen LogP contribution is 2.23. The summed E-state index contributed by atoms with van der Waals surface area (Å²) < 4.78 is 14.8. The number of nitrogens with one attached hydrogen (secondary N) is 1. The minimum absolute atomic E-state index is 0.221. The molecule has 7 nitrogen and oxygen atoms in total. The van der Waals surface area contributed by atoms with Gasteiger partial charge in [-0.1, -0.05) is 24.2 Å². The summed E-state index contributed by atoms with van der Waals surface area (Å²) in [6, 6.07) is 5.98. The van der Waals surface area contributed by atoms with Crippen molar-refractivity contribution in [1.29, 1.82) is 0 Å². The molecule has 1 aromatic heterocycles. The molecule has 0 aliphatic carbocycles. The van der Waals surface area contributed by atoms with Crippen molar-refractivity contribution in [3.8, 4) is 0 Å². The fourth-order valence-electron chi connectivity index (χ4n) is 2.80. The van der Waals surface area contributed by atoms with Gasteiger partial charge >= 0.3 is 0 Å². The van der Waals surface area contributed by atoms with Crippen LogP contribution in [0.4, 0.5) is 4.39 Å². The zero-order valence-corrected chi connectivity index (χ0v) is 14.4. The van der Waals surface area contributed by atoms with Crippen LogP contribution in [0.25, 0.3) is 0 Å². The van der Waals surface area contributed by atoms with Crippen LogP contribution in [0.15, 0.2) is 29.4 Å². The lowest BCUT2D eigenvalue weighted by atomic mass is 9.94. The largest absolute Gasteiger partial charge is 0.381 e. The lowest BCUT2D eigenvalue weighted by molar-refractivity contribution is -0.132. The summed E-state index contributed by atoms with van der Waals surface area (Å²) in [6.45, 7) is 6.51. The number of carbonyl (C=O) groups excluding carboxylic acids is 1. The van der Waals surface area contributed by atoms with E-state index in [-0.39, 0.29) is 17.6 Å². The third-order valence-corrected chi connectivity index (χ3v) is 4.13. The first-order chi connectivity index (χ1) is 12.0. The Labute approximate surface area is 144 Å². The molecule has 0 unspecified atom stereocenters. The quantitative estimate of drug-likeness (QED) is 0.892. The predicted molar refractivity (Wildman–Crippen MR) is 89.5 cm³/mol. The average molecular weight is 345 g/mol. The van der Waals surface area contributed by atoms with E-state index in [0.29, 0.717) is 24.6 Å². The van der Waals surface area contributed by atoms with Crippen molar-refractivity contribution in [2.75, 3.05) is 6.54 Å². The first kappa shape index (κ1) is 17.1. The van der Waals surface area contributed by atoms with Crippen molar-refractivity contribution in [2.45, 2.75) is 33.4 Å². The van der Waals surface area contributed by atoms with E-state index in [1.54, 1.807) is 16.8 Å². The third kappa shape index (κ3) is 3.67. The summed E-state index contributed by atoms with van der Waals surface area (Å²) >= 11 is 0. The van der Waals surface area contributed by atoms with Gasteiger partial charge < -0.3 is 10.2 Å². The summed E-state index contributed by atoms with van der Waals surface area (Å²) in [7, 11) is 0. The molecule has 2 aromatic rings. The fraction of sp³-hybridized carbons (Fsp3) is 0.412. The van der Waals surface area contributed by atoms with Gasteiger partial charge in [0.1, 0.15) is 17.5 Å². The molecule has 1 amide bonds. The minimum atomic E-state index is -0.696. The van der Waals surface area contributed by atoms with E-state index >= 15 is 0 Å². The standard InChI is InChI=1S/C17H20FN5O2/c1-10-15(13-4-6-14(18)7-5-13)22-25-16(10)17(24)19-8-9-23-12(3)20-11(2)21-23/h4-7,10,16H,8-9H2,1-3H3,(H,19,24)/t10-,16+/m1/s1. The third-order valence-electron chi connectivity index (χ3n) is 4.13. The van der Waals surface area contributed by atoms with E-state index < -0.39 is 6.10 Å². The minimum Gasteiger partial charge on any atom is -0.381 e. The first-order valence-electron chi connectivity index (χ1n) is 8.11. The number of oxime groups is 1. The molecule has 0 fully saturated rings. The Morgan fingerprint density at radius 1 is 1.32 bits per heavy atom. The average Bonchev–Trinajstić information content (AvgIpc) is 3.10. The number of aromatic nitrogens is 3. The molecule has 1 aliphatic heterocycles. The van der Waals surface area contributed by atoms with Crippen LogP contribution in [0.1, 0.15) is 24.1 Å². The number of aryl methyl sites for hydroxylation is 2. The summed E-state index contributed by atoms with van der Waals surface area (Å²) in [5.41, 5.74) is 1.39. The van der Waals surface area contributed by atoms with Gasteiger partial charge in [0.15, 0.2) is 0 Å². The molecule has 1 aromatic carbocycles. The van der Waals surface area contributed by atoms with Crippen molar-refractivity contribution >= 4 is 11.6 Å². The Hall–Kier alpha value is -2.77. The maximum absolute atomic E-state index is 13.0. The van der Waals surface area contributed by atoms with Gasteiger partial charge in [0.2, 0.25) is 6.10 Å². The SMILES string of the molecule is Cc1nc(C)n(CCNC(=O)[C@H]2ON=C(c3ccc(F)cc3)[C@H]2C)n1. The number of hydrogen-bond acceptors (Lipinski definition) is 5. The van der Waals surface area contributed by atoms with Crippen molar-refractivity contribution < 1.29 is 14.0 Å². The molecule has 0 saturated heterocycles. The number of halogens is 1. The highest BCUT2D eigenvalue weighted by atomic mass is 19.1. The van der Waals surface area contributed by atoms with Crippen molar-refractivity contribution in [3.05, 3.63) is 47.3 Å². The Bertz CT molecular complexity index is 800. The summed E-state index contributed by atoms with van der Waals surface area (Å²) in [6.07, 6.45) is -0.696. The molecular formula is C17H20FN5O2. The zero-order chi connectivity index (χ0) is 18.0. The lowest BCUT2D eigenvalue weighted by Crippen LogP contribution is -2.40. The second-order valence-corrected chi connectivity index (χ2v) is 6.02. The molecule has 8 heteroatoms. The van der Waals surface area contributed by atoms with Crippen LogP contribution in [0, 0.1) is 25.6 Å². The van der Waals surface area contributed by atoms with Gasteiger partial charge in [-0.2, -0.15) is 5.10 Å². The Morgan fingerprint density at radius 3 is 2.68 bits per heavy atom. The van der Waals surface area contributed by atoms with Gasteiger partial charge in [0.05, 0.1) is 18.2 Å². The monoisotopic (exact) mass is 345 g/mol. The molecule has 0 bridgehead atoms. The topological polar surface area (TPSA) is 81.4 Å². The van der Waals surface area contributed by atoms with E-state index in [4.69, 9.17) is 4.84 Å². The van der Waals surface area contributed by atoms with Gasteiger partial charge in [0, 0.05) is 6.54 Å². The van der Waals surface area contributed by atoms with Crippen LogP contribution in [0.5, 0.6) is 0 Å². The number of rotatable bonds is 5. The van der Waals surface area contributed by atoms with E-state index in [1.165, 1.54) is 12.1 Å². The summed E-state index contributed by atoms with van der Waals surface area (Å²) in [5, 5.41) is 11.1. The van der Waals surface area contributed by atoms with Crippen molar-refractivity contribution in [1.82, 2.24) is 20.1 Å². The highest BCUT2D eigenvalue weighted by molar-refractivity contribution is 6.05. The van der Waals surface area contributed by atoms with Crippen LogP contribution in [0.2, 0.25) is 0 Å². The maximum atomic E-state index is 13.0. The molecule has 3 rings (SSSR count). The van der Waals surface area contributed by atoms with Gasteiger partial charge in [-0.15, -0.1) is 0 Å². The zero-order valence-electron chi connectivity index (χ0n) is 14.4. The molecule has 0 saturated carbocycles. The Kier molecular flexibility index (Phi) is 4.78. The second kappa shape index (κ2) is 7.00. The second-order valence-electron chi connectivity index (χ2n) is 6.02. The van der Waals surface area contributed by atoms with Gasteiger partial charge in [-0.3, -0.25) is 4.79 Å². The predicted octanol–water partition coefficient (Wildman–Crippen LogP) is 1.59. The smallest absolute Gasteiger partial charge is 0.264 e. The fourth-order valence-corrected chi connectivity index (χ4v) is 2.80. The van der Waals surface area contributed by atoms with Gasteiger partial charge in [-0.05, 0) is 31.5 Å². The van der Waals surface area contributed by atoms with Gasteiger partial charge in [0.25, 0.3) is 5.91 Å². The van der Waals surface area contributed by atoms with Crippen LogP contribution in [-0.2, 0) is 16.2 Å². The Balaban J connectivity index is 1.55. The molecule has 0 spiro atoms. The van der Waals surface area contributed by atoms with Crippen molar-refractivity contribution in [3.63, 3.8) is 0 Å². The maximum Gasteiger partial charge on any atom is 0.264 e. The normalized spacial score (nSPS) is 19.4. The van der Waals surface area contributed by atoms with Gasteiger partial charge in [-0.25, -0.2) is 14.1 Å². The molecule has 2 heterocycles. The molecule has 1 N–H and O–H groups in total. The number of hydrogen-bond donors (Lipinski definition) is 1. The van der Waals surface area contributed by atoms with E-state index in [2.05, 4.69) is 20.6 Å². The van der Waals surface area contributed by atoms with E-state index in [1.807, 2.05) is 20.8 Å². The lowest BCUT2D eigenvalue weighted by Gasteiger charge is -2.14. The number of carbonyl (C=O) groups is 1. The molecule has 132 valence electrons. The molecule has 0 radical (unpaired) electrons. The first-order valence-corrected chi connectivity index (χ1v) is 8.11. The summed E-state index contributed by atoms with van der Waals surface area (Å²) in [5.74, 6) is 0.737. The summed E-state index contributed by atoms with van der Waals surface area (Å²) in [4.78, 5) is 21.9. The number of amides is 1. The van der Waals surface area contributed by atoms with Crippen LogP contribution >= 0.6 is 0 Å². The van der Waals surface area contributed by atoms with Crippen LogP contribution < -0.4 is 5.32 Å². The number of nitrogens with zero attached hydrogens (tertiary/aromatic N) is 4. The van der Waals surface area contributed by atoms with E-state index in [0.717, 1.165) is 11.4 Å². The molecule has 25 heavy (non-hydrogen) atoms.